The summed E-state index contributed by atoms with van der Waals surface area (Å²) in [5.41, 5.74) is 0. The van der Waals surface area contributed by atoms with E-state index < -0.39 is 12.6 Å². The van der Waals surface area contributed by atoms with Gasteiger partial charge in [-0.15, -0.1) is 0 Å². The lowest BCUT2D eigenvalue weighted by Gasteiger charge is -1.98. The molecule has 0 aromatic heterocycles. The van der Waals surface area contributed by atoms with Crippen LogP contribution >= 0.6 is 0 Å². The van der Waals surface area contributed by atoms with E-state index in [2.05, 4.69) is 6.92 Å². The fraction of sp³-hybridized carbons (Fsp3) is 0.750. The van der Waals surface area contributed by atoms with Crippen LogP contribution in [-0.4, -0.2) is 12.6 Å². The van der Waals surface area contributed by atoms with Crippen LogP contribution < -0.4 is 0 Å². The topological polar surface area (TPSA) is 0 Å². The van der Waals surface area contributed by atoms with Crippen molar-refractivity contribution < 1.29 is 13.2 Å². The van der Waals surface area contributed by atoms with Gasteiger partial charge in [-0.3, -0.25) is 0 Å². The van der Waals surface area contributed by atoms with Gasteiger partial charge in [-0.25, -0.2) is 13.2 Å². The van der Waals surface area contributed by atoms with Gasteiger partial charge in [0.2, 0.25) is 0 Å². The molecule has 0 aromatic rings. The maximum absolute atomic E-state index is 11.4. The predicted octanol–water partition coefficient (Wildman–Crippen LogP) is 1.81. The van der Waals surface area contributed by atoms with Crippen molar-refractivity contribution in [2.45, 2.75) is 19.0 Å². The molecule has 3 heteroatoms. The maximum Gasteiger partial charge on any atom is 0.269 e. The average molecular weight is 111 g/mol. The highest BCUT2D eigenvalue weighted by molar-refractivity contribution is 4.57. The van der Waals surface area contributed by atoms with Crippen molar-refractivity contribution in [1.82, 2.24) is 0 Å². The van der Waals surface area contributed by atoms with Crippen molar-refractivity contribution in [3.63, 3.8) is 0 Å². The Kier molecular flexibility index (Phi) is 2.79. The zero-order valence-electron chi connectivity index (χ0n) is 3.70. The van der Waals surface area contributed by atoms with Crippen molar-refractivity contribution in [2.75, 3.05) is 0 Å². The normalized spacial score (nSPS) is 15.0. The average Bonchev–Trinajstić information content (AvgIpc) is 1.65. The molecule has 0 aromatic carbocycles. The van der Waals surface area contributed by atoms with E-state index in [1.807, 2.05) is 0 Å². The molecular weight excluding hydrogens is 105 g/mol. The van der Waals surface area contributed by atoms with Crippen LogP contribution in [0.2, 0.25) is 0 Å². The molecule has 0 aliphatic carbocycles. The second-order valence-corrected chi connectivity index (χ2v) is 1.14. The van der Waals surface area contributed by atoms with Gasteiger partial charge in [0, 0.05) is 0 Å². The molecule has 0 spiro atoms. The van der Waals surface area contributed by atoms with E-state index in [9.17, 15) is 13.2 Å². The third kappa shape index (κ3) is 2.48. The monoisotopic (exact) mass is 111 g/mol. The molecular formula is C4H6F3. The van der Waals surface area contributed by atoms with Crippen LogP contribution in [-0.2, 0) is 0 Å². The van der Waals surface area contributed by atoms with Crippen LogP contribution in [0.15, 0.2) is 0 Å². The summed E-state index contributed by atoms with van der Waals surface area (Å²) in [4.78, 5) is 0. The van der Waals surface area contributed by atoms with Crippen molar-refractivity contribution in [3.8, 4) is 0 Å². The minimum atomic E-state index is -2.86. The van der Waals surface area contributed by atoms with Gasteiger partial charge in [0.25, 0.3) is 6.43 Å². The van der Waals surface area contributed by atoms with Crippen molar-refractivity contribution in [2.24, 2.45) is 0 Å². The molecule has 1 radical (unpaired) electrons. The smallest absolute Gasteiger partial charge is 0.241 e. The lowest BCUT2D eigenvalue weighted by molar-refractivity contribution is 0.0514. The molecule has 43 valence electrons. The molecule has 7 heavy (non-hydrogen) atoms. The summed E-state index contributed by atoms with van der Waals surface area (Å²) in [5.74, 6) is 0. The van der Waals surface area contributed by atoms with Crippen molar-refractivity contribution in [1.29, 1.82) is 0 Å². The van der Waals surface area contributed by atoms with Crippen LogP contribution in [0.3, 0.4) is 0 Å². The van der Waals surface area contributed by atoms with Gasteiger partial charge in [-0.1, -0.05) is 6.92 Å². The van der Waals surface area contributed by atoms with E-state index in [0.29, 0.717) is 0 Å². The first-order valence-electron chi connectivity index (χ1n) is 1.90. The summed E-state index contributed by atoms with van der Waals surface area (Å²) < 4.78 is 33.5. The van der Waals surface area contributed by atoms with E-state index in [1.54, 1.807) is 0 Å². The Hall–Kier alpha value is -0.210. The fourth-order valence-electron chi connectivity index (χ4n) is 0.126. The highest BCUT2D eigenvalue weighted by Gasteiger charge is 2.15. The van der Waals surface area contributed by atoms with Crippen LogP contribution in [0.4, 0.5) is 13.2 Å². The summed E-state index contributed by atoms with van der Waals surface area (Å²) in [6.45, 7) is 2.95. The van der Waals surface area contributed by atoms with E-state index >= 15 is 0 Å². The molecule has 1 unspecified atom stereocenters. The van der Waals surface area contributed by atoms with E-state index in [4.69, 9.17) is 0 Å². The lowest BCUT2D eigenvalue weighted by atomic mass is 10.3. The number of rotatable bonds is 2. The quantitative estimate of drug-likeness (QED) is 0.509. The highest BCUT2D eigenvalue weighted by atomic mass is 19.3. The van der Waals surface area contributed by atoms with E-state index in [0.717, 1.165) is 0 Å². The first-order valence-corrected chi connectivity index (χ1v) is 1.90. The Morgan fingerprint density at radius 1 is 1.29 bits per heavy atom. The highest BCUT2D eigenvalue weighted by Crippen LogP contribution is 2.07. The van der Waals surface area contributed by atoms with Gasteiger partial charge >= 0.3 is 0 Å². The summed E-state index contributed by atoms with van der Waals surface area (Å²) in [6.07, 6.45) is -5.25. The second-order valence-electron chi connectivity index (χ2n) is 1.14. The Labute approximate surface area is 40.3 Å². The number of halogens is 3. The number of hydrogen-bond donors (Lipinski definition) is 0. The molecule has 0 amide bonds. The van der Waals surface area contributed by atoms with Crippen LogP contribution in [0, 0.1) is 6.92 Å². The van der Waals surface area contributed by atoms with E-state index in [1.165, 1.54) is 0 Å². The van der Waals surface area contributed by atoms with Gasteiger partial charge in [0.05, 0.1) is 0 Å². The first-order chi connectivity index (χ1) is 3.18. The lowest BCUT2D eigenvalue weighted by Crippen LogP contribution is -2.09. The van der Waals surface area contributed by atoms with Gasteiger partial charge < -0.3 is 0 Å². The Bertz CT molecular complexity index is 44.2. The molecule has 0 N–H and O–H groups in total. The third-order valence-electron chi connectivity index (χ3n) is 0.549. The zero-order valence-corrected chi connectivity index (χ0v) is 3.70. The van der Waals surface area contributed by atoms with Gasteiger partial charge in [0.15, 0.2) is 6.17 Å². The van der Waals surface area contributed by atoms with E-state index in [-0.39, 0.29) is 6.42 Å². The van der Waals surface area contributed by atoms with Gasteiger partial charge in [0.1, 0.15) is 0 Å². The molecule has 0 bridgehead atoms. The van der Waals surface area contributed by atoms with Crippen LogP contribution in [0.25, 0.3) is 0 Å². The molecule has 0 saturated heterocycles. The van der Waals surface area contributed by atoms with Gasteiger partial charge in [-0.2, -0.15) is 0 Å². The third-order valence-corrected chi connectivity index (χ3v) is 0.549. The Balaban J connectivity index is 3.14. The number of hydrogen-bond acceptors (Lipinski definition) is 0. The molecule has 0 heterocycles. The van der Waals surface area contributed by atoms with Crippen molar-refractivity contribution >= 4 is 0 Å². The summed E-state index contributed by atoms with van der Waals surface area (Å²) >= 11 is 0. The SMILES string of the molecule is [CH2]CC(F)C(F)F. The fourth-order valence-corrected chi connectivity index (χ4v) is 0.126. The summed E-state index contributed by atoms with van der Waals surface area (Å²) in [7, 11) is 0. The molecule has 0 aliphatic heterocycles. The van der Waals surface area contributed by atoms with Gasteiger partial charge in [-0.05, 0) is 6.42 Å². The summed E-state index contributed by atoms with van der Waals surface area (Å²) in [5, 5.41) is 0. The zero-order chi connectivity index (χ0) is 5.86. The standard InChI is InChI=1S/C4H6F3/c1-2-3(5)4(6)7/h3-4H,1-2H2. The molecule has 0 nitrogen and oxygen atoms in total. The number of alkyl halides is 3. The summed E-state index contributed by atoms with van der Waals surface area (Å²) in [6, 6.07) is 0. The Morgan fingerprint density at radius 3 is 1.71 bits per heavy atom. The molecule has 0 aliphatic rings. The molecule has 0 rings (SSSR count). The minimum Gasteiger partial charge on any atom is -0.241 e. The Morgan fingerprint density at radius 2 is 1.71 bits per heavy atom. The predicted molar refractivity (Wildman–Crippen MR) is 20.9 cm³/mol. The second kappa shape index (κ2) is 2.88. The molecule has 0 saturated carbocycles. The maximum atomic E-state index is 11.4. The van der Waals surface area contributed by atoms with Crippen LogP contribution in [0.5, 0.6) is 0 Å². The molecule has 1 atom stereocenters. The first kappa shape index (κ1) is 6.79. The minimum absolute atomic E-state index is 0.350. The molecule has 0 fully saturated rings. The van der Waals surface area contributed by atoms with Crippen molar-refractivity contribution in [3.05, 3.63) is 6.92 Å². The largest absolute Gasteiger partial charge is 0.269 e. The van der Waals surface area contributed by atoms with Crippen LogP contribution in [0.1, 0.15) is 6.42 Å².